The highest BCUT2D eigenvalue weighted by Crippen LogP contribution is 2.26. The molecule has 2 aliphatic rings. The maximum atomic E-state index is 12.5. The van der Waals surface area contributed by atoms with Crippen LogP contribution in [0.2, 0.25) is 0 Å². The molecule has 0 bridgehead atoms. The van der Waals surface area contributed by atoms with E-state index < -0.39 is 0 Å². The second kappa shape index (κ2) is 8.71. The Morgan fingerprint density at radius 2 is 1.85 bits per heavy atom. The molecule has 1 aromatic carbocycles. The van der Waals surface area contributed by atoms with Crippen molar-refractivity contribution in [2.24, 2.45) is 11.8 Å². The van der Waals surface area contributed by atoms with Crippen LogP contribution in [-0.4, -0.2) is 40.2 Å². The van der Waals surface area contributed by atoms with Gasteiger partial charge in [-0.25, -0.2) is 0 Å². The highest BCUT2D eigenvalue weighted by Gasteiger charge is 2.28. The van der Waals surface area contributed by atoms with Crippen molar-refractivity contribution in [2.75, 3.05) is 18.4 Å². The summed E-state index contributed by atoms with van der Waals surface area (Å²) in [7, 11) is 0. The minimum absolute atomic E-state index is 0.0223. The van der Waals surface area contributed by atoms with Gasteiger partial charge in [-0.05, 0) is 56.0 Å². The van der Waals surface area contributed by atoms with Crippen LogP contribution in [0.15, 0.2) is 24.3 Å². The second-order valence-electron chi connectivity index (χ2n) is 7.59. The molecule has 0 spiro atoms. The van der Waals surface area contributed by atoms with Crippen LogP contribution in [0.25, 0.3) is 0 Å². The largest absolute Gasteiger partial charge is 0.506 e. The lowest BCUT2D eigenvalue weighted by molar-refractivity contribution is -0.121. The topological polar surface area (TPSA) is 64.6 Å². The minimum atomic E-state index is -0.0396. The number of carbonyl (C=O) groups excluding carboxylic acids is 1. The number of likely N-dealkylation sites (tertiary alicyclic amines) is 1. The minimum Gasteiger partial charge on any atom is -0.506 e. The number of nitrogens with zero attached hydrogens (tertiary/aromatic N) is 1. The van der Waals surface area contributed by atoms with E-state index in [-0.39, 0.29) is 17.6 Å². The first-order valence-electron chi connectivity index (χ1n) is 9.69. The molecule has 142 valence electrons. The Morgan fingerprint density at radius 1 is 1.15 bits per heavy atom. The standard InChI is InChI=1S/C20H29N3O2S/c1-14-6-2-3-7-16(14)22-20(26)23-12-10-15(11-13-23)19(25)21-17-8-4-5-9-18(17)24/h4-5,8-9,14-16,24H,2-3,6-7,10-13H2,1H3,(H,21,25)(H,22,26)/t14-,16-/m0/s1. The van der Waals surface area contributed by atoms with Gasteiger partial charge in [0.15, 0.2) is 5.11 Å². The maximum absolute atomic E-state index is 12.5. The summed E-state index contributed by atoms with van der Waals surface area (Å²) in [4.78, 5) is 14.7. The van der Waals surface area contributed by atoms with Crippen molar-refractivity contribution in [3.05, 3.63) is 24.3 Å². The van der Waals surface area contributed by atoms with E-state index in [2.05, 4.69) is 22.5 Å². The number of benzene rings is 1. The van der Waals surface area contributed by atoms with Crippen LogP contribution in [0.5, 0.6) is 5.75 Å². The van der Waals surface area contributed by atoms with Gasteiger partial charge in [-0.3, -0.25) is 4.79 Å². The first-order chi connectivity index (χ1) is 12.5. The van der Waals surface area contributed by atoms with E-state index in [1.54, 1.807) is 24.3 Å². The van der Waals surface area contributed by atoms with Gasteiger partial charge < -0.3 is 20.6 Å². The van der Waals surface area contributed by atoms with Crippen LogP contribution >= 0.6 is 12.2 Å². The molecule has 0 aromatic heterocycles. The number of phenolic OH excluding ortho intramolecular Hbond substituents is 1. The van der Waals surface area contributed by atoms with Crippen LogP contribution < -0.4 is 10.6 Å². The molecule has 2 atom stereocenters. The predicted octanol–water partition coefficient (Wildman–Crippen LogP) is 3.50. The van der Waals surface area contributed by atoms with Crippen LogP contribution in [0.3, 0.4) is 0 Å². The lowest BCUT2D eigenvalue weighted by Crippen LogP contribution is -2.50. The molecule has 26 heavy (non-hydrogen) atoms. The third-order valence-electron chi connectivity index (χ3n) is 5.74. The fraction of sp³-hybridized carbons (Fsp3) is 0.600. The zero-order valence-electron chi connectivity index (χ0n) is 15.4. The van der Waals surface area contributed by atoms with Gasteiger partial charge in [0.25, 0.3) is 0 Å². The molecule has 0 radical (unpaired) electrons. The molecule has 0 unspecified atom stereocenters. The molecule has 3 N–H and O–H groups in total. The Balaban J connectivity index is 1.47. The van der Waals surface area contributed by atoms with Gasteiger partial charge in [-0.2, -0.15) is 0 Å². The van der Waals surface area contributed by atoms with E-state index in [1.807, 2.05) is 0 Å². The third kappa shape index (κ3) is 4.67. The van der Waals surface area contributed by atoms with Crippen LogP contribution in [0.1, 0.15) is 45.4 Å². The van der Waals surface area contributed by atoms with E-state index in [1.165, 1.54) is 25.7 Å². The van der Waals surface area contributed by atoms with Crippen molar-refractivity contribution in [3.63, 3.8) is 0 Å². The number of thiocarbonyl (C=S) groups is 1. The molecule has 1 aromatic rings. The number of para-hydroxylation sites is 2. The van der Waals surface area contributed by atoms with Crippen molar-refractivity contribution in [1.29, 1.82) is 0 Å². The zero-order chi connectivity index (χ0) is 18.5. The van der Waals surface area contributed by atoms with Crippen molar-refractivity contribution in [3.8, 4) is 5.75 Å². The number of phenols is 1. The molecule has 1 amide bonds. The number of nitrogens with one attached hydrogen (secondary N) is 2. The average Bonchev–Trinajstić information content (AvgIpc) is 2.65. The molecule has 1 saturated heterocycles. The molecule has 3 rings (SSSR count). The first kappa shape index (κ1) is 19.0. The molecular weight excluding hydrogens is 346 g/mol. The smallest absolute Gasteiger partial charge is 0.227 e. The number of aromatic hydroxyl groups is 1. The summed E-state index contributed by atoms with van der Waals surface area (Å²) >= 11 is 5.62. The maximum Gasteiger partial charge on any atom is 0.227 e. The second-order valence-corrected chi connectivity index (χ2v) is 7.97. The number of anilines is 1. The fourth-order valence-corrected chi connectivity index (χ4v) is 4.27. The van der Waals surface area contributed by atoms with E-state index in [0.717, 1.165) is 31.0 Å². The summed E-state index contributed by atoms with van der Waals surface area (Å²) in [6.07, 6.45) is 6.63. The van der Waals surface area contributed by atoms with Gasteiger partial charge in [0.05, 0.1) is 5.69 Å². The van der Waals surface area contributed by atoms with Crippen molar-refractivity contribution < 1.29 is 9.90 Å². The summed E-state index contributed by atoms with van der Waals surface area (Å²) in [5, 5.41) is 17.0. The third-order valence-corrected chi connectivity index (χ3v) is 6.11. The van der Waals surface area contributed by atoms with Crippen molar-refractivity contribution >= 4 is 28.9 Å². The number of rotatable bonds is 3. The lowest BCUT2D eigenvalue weighted by atomic mass is 9.86. The van der Waals surface area contributed by atoms with Gasteiger partial charge in [-0.15, -0.1) is 0 Å². The number of hydrogen-bond donors (Lipinski definition) is 3. The van der Waals surface area contributed by atoms with E-state index in [9.17, 15) is 9.90 Å². The number of piperidine rings is 1. The Kier molecular flexibility index (Phi) is 6.35. The van der Waals surface area contributed by atoms with E-state index >= 15 is 0 Å². The summed E-state index contributed by atoms with van der Waals surface area (Å²) in [6.45, 7) is 3.90. The van der Waals surface area contributed by atoms with Gasteiger partial charge in [0, 0.05) is 25.0 Å². The molecule has 5 nitrogen and oxygen atoms in total. The monoisotopic (exact) mass is 375 g/mol. The van der Waals surface area contributed by atoms with E-state index in [4.69, 9.17) is 12.2 Å². The predicted molar refractivity (Wildman–Crippen MR) is 108 cm³/mol. The van der Waals surface area contributed by atoms with Gasteiger partial charge in [0.2, 0.25) is 5.91 Å². The van der Waals surface area contributed by atoms with Gasteiger partial charge in [-0.1, -0.05) is 31.9 Å². The van der Waals surface area contributed by atoms with Crippen LogP contribution in [-0.2, 0) is 4.79 Å². The summed E-state index contributed by atoms with van der Waals surface area (Å²) in [5.74, 6) is 0.710. The zero-order valence-corrected chi connectivity index (χ0v) is 16.2. The Morgan fingerprint density at radius 3 is 2.54 bits per heavy atom. The Bertz CT molecular complexity index is 644. The quantitative estimate of drug-likeness (QED) is 0.557. The molecule has 6 heteroatoms. The van der Waals surface area contributed by atoms with Gasteiger partial charge >= 0.3 is 0 Å². The first-order valence-corrected chi connectivity index (χ1v) is 10.1. The summed E-state index contributed by atoms with van der Waals surface area (Å²) < 4.78 is 0. The number of carbonyl (C=O) groups is 1. The SMILES string of the molecule is C[C@H]1CCCC[C@@H]1NC(=S)N1CCC(C(=O)Nc2ccccc2O)CC1. The molecule has 1 aliphatic carbocycles. The number of amides is 1. The molecular formula is C20H29N3O2S. The van der Waals surface area contributed by atoms with Crippen LogP contribution in [0.4, 0.5) is 5.69 Å². The highest BCUT2D eigenvalue weighted by atomic mass is 32.1. The normalized spacial score (nSPS) is 24.1. The Hall–Kier alpha value is -1.82. The molecule has 1 aliphatic heterocycles. The number of hydrogen-bond acceptors (Lipinski definition) is 3. The van der Waals surface area contributed by atoms with Crippen molar-refractivity contribution in [2.45, 2.75) is 51.5 Å². The Labute approximate surface area is 161 Å². The van der Waals surface area contributed by atoms with Crippen LogP contribution in [0, 0.1) is 11.8 Å². The van der Waals surface area contributed by atoms with Crippen molar-refractivity contribution in [1.82, 2.24) is 10.2 Å². The average molecular weight is 376 g/mol. The van der Waals surface area contributed by atoms with Gasteiger partial charge in [0.1, 0.15) is 5.75 Å². The highest BCUT2D eigenvalue weighted by molar-refractivity contribution is 7.80. The molecule has 2 fully saturated rings. The lowest BCUT2D eigenvalue weighted by Gasteiger charge is -2.37. The summed E-state index contributed by atoms with van der Waals surface area (Å²) in [5.41, 5.74) is 0.475. The fourth-order valence-electron chi connectivity index (χ4n) is 3.94. The summed E-state index contributed by atoms with van der Waals surface area (Å²) in [6, 6.07) is 7.32. The molecule has 1 heterocycles. The molecule has 1 saturated carbocycles. The van der Waals surface area contributed by atoms with E-state index in [0.29, 0.717) is 17.6 Å².